The van der Waals surface area contributed by atoms with Crippen LogP contribution >= 0.6 is 11.3 Å². The SMILES string of the molecule is CCCC1CCC(NCCOC)(c2nc(C)c(C)s2)CC1. The molecule has 1 heterocycles. The Morgan fingerprint density at radius 3 is 2.57 bits per heavy atom. The molecule has 1 aliphatic carbocycles. The highest BCUT2D eigenvalue weighted by Gasteiger charge is 2.38. The fraction of sp³-hybridized carbons (Fsp3) is 0.824. The van der Waals surface area contributed by atoms with E-state index in [-0.39, 0.29) is 5.54 Å². The molecule has 0 aliphatic heterocycles. The molecule has 0 amide bonds. The van der Waals surface area contributed by atoms with Gasteiger partial charge in [-0.25, -0.2) is 4.98 Å². The summed E-state index contributed by atoms with van der Waals surface area (Å²) in [6.45, 7) is 8.28. The van der Waals surface area contributed by atoms with Crippen molar-refractivity contribution in [3.05, 3.63) is 15.6 Å². The van der Waals surface area contributed by atoms with Gasteiger partial charge in [-0.2, -0.15) is 0 Å². The predicted molar refractivity (Wildman–Crippen MR) is 90.0 cm³/mol. The van der Waals surface area contributed by atoms with Gasteiger partial charge in [0.15, 0.2) is 0 Å². The van der Waals surface area contributed by atoms with Crippen LogP contribution in [0, 0.1) is 19.8 Å². The Morgan fingerprint density at radius 2 is 2.05 bits per heavy atom. The molecule has 0 bridgehead atoms. The average Bonchev–Trinajstić information content (AvgIpc) is 2.82. The second-order valence-electron chi connectivity index (χ2n) is 6.39. The topological polar surface area (TPSA) is 34.1 Å². The van der Waals surface area contributed by atoms with Crippen molar-refractivity contribution >= 4 is 11.3 Å². The third kappa shape index (κ3) is 4.05. The molecule has 0 spiro atoms. The van der Waals surface area contributed by atoms with Gasteiger partial charge < -0.3 is 10.1 Å². The number of aromatic nitrogens is 1. The predicted octanol–water partition coefficient (Wildman–Crippen LogP) is 4.18. The molecule has 0 radical (unpaired) electrons. The molecular formula is C17H30N2OS. The number of nitrogens with one attached hydrogen (secondary N) is 1. The number of ether oxygens (including phenoxy) is 1. The van der Waals surface area contributed by atoms with Crippen LogP contribution in [0.2, 0.25) is 0 Å². The van der Waals surface area contributed by atoms with E-state index >= 15 is 0 Å². The number of hydrogen-bond donors (Lipinski definition) is 1. The largest absolute Gasteiger partial charge is 0.383 e. The first-order chi connectivity index (χ1) is 10.1. The molecule has 0 aromatic carbocycles. The molecule has 0 atom stereocenters. The minimum absolute atomic E-state index is 0.0897. The summed E-state index contributed by atoms with van der Waals surface area (Å²) in [4.78, 5) is 6.23. The van der Waals surface area contributed by atoms with Crippen molar-refractivity contribution in [3.63, 3.8) is 0 Å². The average molecular weight is 311 g/mol. The lowest BCUT2D eigenvalue weighted by atomic mass is 9.75. The third-order valence-electron chi connectivity index (χ3n) is 4.86. The molecule has 3 nitrogen and oxygen atoms in total. The van der Waals surface area contributed by atoms with Gasteiger partial charge in [-0.15, -0.1) is 11.3 Å². The number of methoxy groups -OCH3 is 1. The number of aryl methyl sites for hydroxylation is 2. The van der Waals surface area contributed by atoms with Crippen LogP contribution in [-0.2, 0) is 10.3 Å². The maximum atomic E-state index is 5.22. The van der Waals surface area contributed by atoms with Crippen LogP contribution < -0.4 is 5.32 Å². The summed E-state index contributed by atoms with van der Waals surface area (Å²) in [7, 11) is 1.77. The molecule has 1 aromatic rings. The number of hydrogen-bond acceptors (Lipinski definition) is 4. The van der Waals surface area contributed by atoms with Gasteiger partial charge in [0, 0.05) is 18.5 Å². The Hall–Kier alpha value is -0.450. The van der Waals surface area contributed by atoms with Gasteiger partial charge in [0.2, 0.25) is 0 Å². The number of thiazole rings is 1. The molecule has 0 saturated heterocycles. The first-order valence-electron chi connectivity index (χ1n) is 8.29. The van der Waals surface area contributed by atoms with Crippen LogP contribution in [0.25, 0.3) is 0 Å². The standard InChI is InChI=1S/C17H30N2OS/c1-5-6-15-7-9-17(10-8-15,18-11-12-20-4)16-19-13(2)14(3)21-16/h15,18H,5-12H2,1-4H3. The normalized spacial score (nSPS) is 26.2. The maximum absolute atomic E-state index is 5.22. The Morgan fingerprint density at radius 1 is 1.33 bits per heavy atom. The molecule has 4 heteroatoms. The zero-order valence-electron chi connectivity index (χ0n) is 14.0. The Bertz CT molecular complexity index is 416. The van der Waals surface area contributed by atoms with E-state index in [1.54, 1.807) is 7.11 Å². The van der Waals surface area contributed by atoms with Crippen LogP contribution in [0.3, 0.4) is 0 Å². The van der Waals surface area contributed by atoms with Gasteiger partial charge in [-0.3, -0.25) is 0 Å². The van der Waals surface area contributed by atoms with Crippen molar-refractivity contribution < 1.29 is 4.74 Å². The maximum Gasteiger partial charge on any atom is 0.113 e. The highest BCUT2D eigenvalue weighted by molar-refractivity contribution is 7.11. The summed E-state index contributed by atoms with van der Waals surface area (Å²) in [5, 5.41) is 5.07. The zero-order chi connectivity index (χ0) is 15.3. The van der Waals surface area contributed by atoms with Crippen molar-refractivity contribution in [2.75, 3.05) is 20.3 Å². The van der Waals surface area contributed by atoms with Crippen LogP contribution in [0.15, 0.2) is 0 Å². The van der Waals surface area contributed by atoms with Gasteiger partial charge in [-0.05, 0) is 45.4 Å². The van der Waals surface area contributed by atoms with E-state index in [9.17, 15) is 0 Å². The van der Waals surface area contributed by atoms with Crippen LogP contribution in [0.5, 0.6) is 0 Å². The first kappa shape index (κ1) is 16.9. The molecule has 1 aromatic heterocycles. The van der Waals surface area contributed by atoms with Gasteiger partial charge >= 0.3 is 0 Å². The van der Waals surface area contributed by atoms with Crippen molar-refractivity contribution in [2.24, 2.45) is 5.92 Å². The van der Waals surface area contributed by atoms with E-state index in [2.05, 4.69) is 26.1 Å². The van der Waals surface area contributed by atoms with Crippen LogP contribution in [0.1, 0.15) is 61.0 Å². The van der Waals surface area contributed by atoms with E-state index in [1.807, 2.05) is 11.3 Å². The zero-order valence-corrected chi connectivity index (χ0v) is 14.8. The van der Waals surface area contributed by atoms with Crippen LogP contribution in [-0.4, -0.2) is 25.2 Å². The molecule has 21 heavy (non-hydrogen) atoms. The minimum atomic E-state index is 0.0897. The lowest BCUT2D eigenvalue weighted by Gasteiger charge is -2.39. The smallest absolute Gasteiger partial charge is 0.113 e. The molecule has 0 unspecified atom stereocenters. The third-order valence-corrected chi connectivity index (χ3v) is 6.14. The monoisotopic (exact) mass is 310 g/mol. The van der Waals surface area contributed by atoms with E-state index < -0.39 is 0 Å². The lowest BCUT2D eigenvalue weighted by Crippen LogP contribution is -2.46. The van der Waals surface area contributed by atoms with E-state index in [4.69, 9.17) is 9.72 Å². The Labute approximate surface area is 133 Å². The molecule has 120 valence electrons. The summed E-state index contributed by atoms with van der Waals surface area (Å²) in [6.07, 6.45) is 7.77. The van der Waals surface area contributed by atoms with Crippen molar-refractivity contribution in [2.45, 2.75) is 64.8 Å². The minimum Gasteiger partial charge on any atom is -0.383 e. The second kappa shape index (κ2) is 7.70. The van der Waals surface area contributed by atoms with Gasteiger partial charge in [-0.1, -0.05) is 19.8 Å². The van der Waals surface area contributed by atoms with Crippen molar-refractivity contribution in [1.82, 2.24) is 10.3 Å². The summed E-state index contributed by atoms with van der Waals surface area (Å²) in [6, 6.07) is 0. The Balaban J connectivity index is 2.12. The van der Waals surface area contributed by atoms with Crippen molar-refractivity contribution in [1.29, 1.82) is 0 Å². The number of nitrogens with zero attached hydrogens (tertiary/aromatic N) is 1. The molecule has 1 aliphatic rings. The van der Waals surface area contributed by atoms with Crippen LogP contribution in [0.4, 0.5) is 0 Å². The quantitative estimate of drug-likeness (QED) is 0.767. The van der Waals surface area contributed by atoms with Gasteiger partial charge in [0.05, 0.1) is 17.8 Å². The van der Waals surface area contributed by atoms with E-state index in [1.165, 1.54) is 54.1 Å². The molecule has 1 saturated carbocycles. The highest BCUT2D eigenvalue weighted by Crippen LogP contribution is 2.42. The molecule has 1 N–H and O–H groups in total. The highest BCUT2D eigenvalue weighted by atomic mass is 32.1. The summed E-state index contributed by atoms with van der Waals surface area (Å²) in [5.74, 6) is 0.912. The fourth-order valence-electron chi connectivity index (χ4n) is 3.40. The molecular weight excluding hydrogens is 280 g/mol. The lowest BCUT2D eigenvalue weighted by molar-refractivity contribution is 0.148. The molecule has 2 rings (SSSR count). The van der Waals surface area contributed by atoms with Crippen molar-refractivity contribution in [3.8, 4) is 0 Å². The second-order valence-corrected chi connectivity index (χ2v) is 7.60. The summed E-state index contributed by atoms with van der Waals surface area (Å²) < 4.78 is 5.22. The van der Waals surface area contributed by atoms with E-state index in [0.29, 0.717) is 0 Å². The summed E-state index contributed by atoms with van der Waals surface area (Å²) >= 11 is 1.88. The fourth-order valence-corrected chi connectivity index (χ4v) is 4.54. The van der Waals surface area contributed by atoms with Gasteiger partial charge in [0.25, 0.3) is 0 Å². The summed E-state index contributed by atoms with van der Waals surface area (Å²) in [5.41, 5.74) is 1.28. The Kier molecular flexibility index (Phi) is 6.20. The van der Waals surface area contributed by atoms with Gasteiger partial charge in [0.1, 0.15) is 5.01 Å². The van der Waals surface area contributed by atoms with E-state index in [0.717, 1.165) is 19.1 Å². The molecule has 1 fully saturated rings. The first-order valence-corrected chi connectivity index (χ1v) is 9.11. The number of rotatable bonds is 7.